The molecule has 0 aromatic heterocycles. The summed E-state index contributed by atoms with van der Waals surface area (Å²) in [4.78, 5) is 14.4. The van der Waals surface area contributed by atoms with E-state index in [-0.39, 0.29) is 0 Å². The van der Waals surface area contributed by atoms with Gasteiger partial charge >= 0.3 is 6.03 Å². The molecule has 2 amide bonds. The van der Waals surface area contributed by atoms with Crippen LogP contribution in [0.4, 0.5) is 10.5 Å². The Balaban J connectivity index is 2.32. The van der Waals surface area contributed by atoms with E-state index >= 15 is 0 Å². The molecule has 0 unspecified atom stereocenters. The van der Waals surface area contributed by atoms with Gasteiger partial charge in [0.15, 0.2) is 5.96 Å². The van der Waals surface area contributed by atoms with Gasteiger partial charge in [0.25, 0.3) is 0 Å². The summed E-state index contributed by atoms with van der Waals surface area (Å²) in [5, 5.41) is 5.33. The minimum atomic E-state index is -0.565. The normalized spacial score (nSPS) is 10.9. The molecular formula is C10H15N5O. The van der Waals surface area contributed by atoms with E-state index < -0.39 is 6.03 Å². The minimum Gasteiger partial charge on any atom is -0.370 e. The molecule has 86 valence electrons. The maximum Gasteiger partial charge on any atom is 0.312 e. The molecule has 0 aliphatic heterocycles. The van der Waals surface area contributed by atoms with Crippen LogP contribution in [0, 0.1) is 0 Å². The first-order chi connectivity index (χ1) is 7.68. The first-order valence-corrected chi connectivity index (χ1v) is 4.84. The van der Waals surface area contributed by atoms with Gasteiger partial charge in [-0.15, -0.1) is 0 Å². The lowest BCUT2D eigenvalue weighted by Crippen LogP contribution is -2.32. The van der Waals surface area contributed by atoms with Crippen LogP contribution >= 0.6 is 0 Å². The van der Waals surface area contributed by atoms with Gasteiger partial charge in [0, 0.05) is 12.2 Å². The number of para-hydroxylation sites is 1. The predicted molar refractivity (Wildman–Crippen MR) is 64.1 cm³/mol. The molecule has 0 radical (unpaired) electrons. The van der Waals surface area contributed by atoms with E-state index in [1.807, 2.05) is 30.3 Å². The van der Waals surface area contributed by atoms with E-state index in [1.165, 1.54) is 0 Å². The molecule has 0 aliphatic carbocycles. The van der Waals surface area contributed by atoms with Gasteiger partial charge in [-0.05, 0) is 12.1 Å². The van der Waals surface area contributed by atoms with Gasteiger partial charge in [-0.2, -0.15) is 0 Å². The van der Waals surface area contributed by atoms with Crippen molar-refractivity contribution in [1.29, 1.82) is 0 Å². The molecule has 1 rings (SSSR count). The molecule has 6 N–H and O–H groups in total. The number of guanidine groups is 1. The van der Waals surface area contributed by atoms with Crippen molar-refractivity contribution in [3.63, 3.8) is 0 Å². The summed E-state index contributed by atoms with van der Waals surface area (Å²) in [5.74, 6) is 0.303. The van der Waals surface area contributed by atoms with Gasteiger partial charge in [-0.25, -0.2) is 4.79 Å². The number of aliphatic imine (C=N–C) groups is 1. The molecule has 0 saturated carbocycles. The van der Waals surface area contributed by atoms with Crippen LogP contribution in [0.1, 0.15) is 0 Å². The van der Waals surface area contributed by atoms with Crippen LogP contribution in [-0.2, 0) is 0 Å². The molecule has 1 aromatic rings. The number of hydrogen-bond donors (Lipinski definition) is 4. The van der Waals surface area contributed by atoms with E-state index in [0.29, 0.717) is 19.0 Å². The Bertz CT molecular complexity index is 363. The third-order valence-corrected chi connectivity index (χ3v) is 1.74. The molecule has 0 aliphatic rings. The molecule has 0 saturated heterocycles. The Kier molecular flexibility index (Phi) is 4.65. The van der Waals surface area contributed by atoms with Gasteiger partial charge in [0.2, 0.25) is 0 Å². The molecule has 0 spiro atoms. The number of nitrogens with zero attached hydrogens (tertiary/aromatic N) is 1. The number of nitrogens with two attached hydrogens (primary N) is 2. The van der Waals surface area contributed by atoms with Crippen molar-refractivity contribution in [1.82, 2.24) is 5.32 Å². The van der Waals surface area contributed by atoms with Gasteiger partial charge < -0.3 is 22.1 Å². The van der Waals surface area contributed by atoms with Crippen LogP contribution in [-0.4, -0.2) is 25.1 Å². The highest BCUT2D eigenvalue weighted by Gasteiger charge is 1.93. The Morgan fingerprint density at radius 2 is 1.94 bits per heavy atom. The Hall–Kier alpha value is -2.24. The van der Waals surface area contributed by atoms with E-state index in [9.17, 15) is 4.79 Å². The van der Waals surface area contributed by atoms with Crippen molar-refractivity contribution in [2.45, 2.75) is 0 Å². The number of amides is 2. The summed E-state index contributed by atoms with van der Waals surface area (Å²) in [7, 11) is 0. The lowest BCUT2D eigenvalue weighted by Gasteiger charge is -2.05. The molecule has 0 fully saturated rings. The topological polar surface area (TPSA) is 106 Å². The van der Waals surface area contributed by atoms with Gasteiger partial charge in [-0.1, -0.05) is 18.2 Å². The van der Waals surface area contributed by atoms with Crippen molar-refractivity contribution in [3.8, 4) is 0 Å². The number of carbonyl (C=O) groups excluding carboxylic acids is 1. The number of anilines is 1. The SMILES string of the molecule is NC(=O)NCCN=C(N)Nc1ccccc1. The summed E-state index contributed by atoms with van der Waals surface area (Å²) in [5.41, 5.74) is 11.4. The zero-order valence-electron chi connectivity index (χ0n) is 8.81. The van der Waals surface area contributed by atoms with Crippen LogP contribution in [0.3, 0.4) is 0 Å². The molecular weight excluding hydrogens is 206 g/mol. The van der Waals surface area contributed by atoms with Crippen molar-refractivity contribution in [2.75, 3.05) is 18.4 Å². The molecule has 0 heterocycles. The molecule has 0 bridgehead atoms. The fourth-order valence-electron chi connectivity index (χ4n) is 1.06. The number of nitrogens with one attached hydrogen (secondary N) is 2. The van der Waals surface area contributed by atoms with Gasteiger partial charge in [0.05, 0.1) is 6.54 Å². The van der Waals surface area contributed by atoms with Crippen LogP contribution < -0.4 is 22.1 Å². The Morgan fingerprint density at radius 3 is 2.56 bits per heavy atom. The van der Waals surface area contributed by atoms with Gasteiger partial charge in [-0.3, -0.25) is 4.99 Å². The quantitative estimate of drug-likeness (QED) is 0.328. The highest BCUT2D eigenvalue weighted by atomic mass is 16.2. The predicted octanol–water partition coefficient (Wildman–Crippen LogP) is 0.0815. The molecule has 6 heteroatoms. The number of primary amides is 1. The molecule has 1 aromatic carbocycles. The second-order valence-corrected chi connectivity index (χ2v) is 3.05. The maximum atomic E-state index is 10.4. The van der Waals surface area contributed by atoms with Crippen LogP contribution in [0.25, 0.3) is 0 Å². The summed E-state index contributed by atoms with van der Waals surface area (Å²) < 4.78 is 0. The smallest absolute Gasteiger partial charge is 0.312 e. The molecule has 16 heavy (non-hydrogen) atoms. The third kappa shape index (κ3) is 4.85. The van der Waals surface area contributed by atoms with Crippen molar-refractivity contribution >= 4 is 17.7 Å². The van der Waals surface area contributed by atoms with Crippen molar-refractivity contribution in [3.05, 3.63) is 30.3 Å². The summed E-state index contributed by atoms with van der Waals surface area (Å²) in [6, 6.07) is 8.89. The van der Waals surface area contributed by atoms with Gasteiger partial charge in [0.1, 0.15) is 0 Å². The second kappa shape index (κ2) is 6.28. The van der Waals surface area contributed by atoms with Crippen LogP contribution in [0.5, 0.6) is 0 Å². The van der Waals surface area contributed by atoms with E-state index in [1.54, 1.807) is 0 Å². The number of hydrogen-bond acceptors (Lipinski definition) is 2. The fraction of sp³-hybridized carbons (Fsp3) is 0.200. The standard InChI is InChI=1S/C10H15N5O/c11-9(13-6-7-14-10(12)16)15-8-4-2-1-3-5-8/h1-5H,6-7H2,(H3,11,13,15)(H3,12,14,16). The first kappa shape index (κ1) is 11.8. The summed E-state index contributed by atoms with van der Waals surface area (Å²) >= 11 is 0. The Morgan fingerprint density at radius 1 is 1.25 bits per heavy atom. The zero-order valence-corrected chi connectivity index (χ0v) is 8.81. The fourth-order valence-corrected chi connectivity index (χ4v) is 1.06. The zero-order chi connectivity index (χ0) is 11.8. The van der Waals surface area contributed by atoms with E-state index in [0.717, 1.165) is 5.69 Å². The van der Waals surface area contributed by atoms with Crippen molar-refractivity contribution < 1.29 is 4.79 Å². The average molecular weight is 221 g/mol. The lowest BCUT2D eigenvalue weighted by molar-refractivity contribution is 0.249. The monoisotopic (exact) mass is 221 g/mol. The molecule has 0 atom stereocenters. The second-order valence-electron chi connectivity index (χ2n) is 3.05. The maximum absolute atomic E-state index is 10.4. The number of carbonyl (C=O) groups is 1. The third-order valence-electron chi connectivity index (χ3n) is 1.74. The van der Waals surface area contributed by atoms with Crippen LogP contribution in [0.2, 0.25) is 0 Å². The largest absolute Gasteiger partial charge is 0.370 e. The highest BCUT2D eigenvalue weighted by molar-refractivity contribution is 5.92. The summed E-state index contributed by atoms with van der Waals surface area (Å²) in [6.45, 7) is 0.751. The van der Waals surface area contributed by atoms with E-state index in [4.69, 9.17) is 11.5 Å². The van der Waals surface area contributed by atoms with E-state index in [2.05, 4.69) is 15.6 Å². The number of benzene rings is 1. The average Bonchev–Trinajstić information content (AvgIpc) is 2.25. The van der Waals surface area contributed by atoms with Crippen LogP contribution in [0.15, 0.2) is 35.3 Å². The molecule has 6 nitrogen and oxygen atoms in total. The number of urea groups is 1. The minimum absolute atomic E-state index is 0.303. The van der Waals surface area contributed by atoms with Crippen molar-refractivity contribution in [2.24, 2.45) is 16.5 Å². The lowest BCUT2D eigenvalue weighted by atomic mass is 10.3. The Labute approximate surface area is 93.7 Å². The first-order valence-electron chi connectivity index (χ1n) is 4.84. The number of rotatable bonds is 4. The summed E-state index contributed by atoms with van der Waals surface area (Å²) in [6.07, 6.45) is 0. The highest BCUT2D eigenvalue weighted by Crippen LogP contribution is 2.03.